The van der Waals surface area contributed by atoms with E-state index in [-0.39, 0.29) is 17.9 Å². The van der Waals surface area contributed by atoms with Gasteiger partial charge in [0.25, 0.3) is 0 Å². The first kappa shape index (κ1) is 13.8. The van der Waals surface area contributed by atoms with Crippen molar-refractivity contribution in [3.8, 4) is 5.69 Å². The van der Waals surface area contributed by atoms with Gasteiger partial charge in [-0.05, 0) is 37.5 Å². The van der Waals surface area contributed by atoms with Crippen LogP contribution in [-0.4, -0.2) is 32.6 Å². The van der Waals surface area contributed by atoms with Gasteiger partial charge >= 0.3 is 0 Å². The lowest BCUT2D eigenvalue weighted by Gasteiger charge is -2.33. The molecule has 0 aliphatic heterocycles. The molecule has 0 unspecified atom stereocenters. The Kier molecular flexibility index (Phi) is 3.73. The van der Waals surface area contributed by atoms with Crippen molar-refractivity contribution in [2.75, 3.05) is 7.05 Å². The Balaban J connectivity index is 1.72. The van der Waals surface area contributed by atoms with Crippen molar-refractivity contribution in [1.29, 1.82) is 0 Å². The molecule has 3 rings (SSSR count). The number of carbonyl (C=O) groups is 1. The Labute approximate surface area is 124 Å². The van der Waals surface area contributed by atoms with Gasteiger partial charge in [0.2, 0.25) is 5.91 Å². The fraction of sp³-hybridized carbons (Fsp3) is 0.438. The average molecular weight is 284 g/mol. The summed E-state index contributed by atoms with van der Waals surface area (Å²) >= 11 is 0. The Bertz CT molecular complexity index is 602. The second-order valence-electron chi connectivity index (χ2n) is 5.68. The number of aromatic nitrogens is 3. The molecule has 1 aromatic heterocycles. The molecular formula is C16H20N4O. The molecule has 0 bridgehead atoms. The van der Waals surface area contributed by atoms with Gasteiger partial charge in [-0.15, -0.1) is 0 Å². The lowest BCUT2D eigenvalue weighted by molar-refractivity contribution is -0.138. The summed E-state index contributed by atoms with van der Waals surface area (Å²) in [4.78, 5) is 18.1. The van der Waals surface area contributed by atoms with Gasteiger partial charge in [-0.3, -0.25) is 4.79 Å². The zero-order valence-corrected chi connectivity index (χ0v) is 12.4. The highest BCUT2D eigenvalue weighted by Crippen LogP contribution is 2.30. The molecule has 1 aliphatic carbocycles. The van der Waals surface area contributed by atoms with Crippen LogP contribution in [0.15, 0.2) is 36.9 Å². The van der Waals surface area contributed by atoms with Crippen molar-refractivity contribution in [1.82, 2.24) is 19.7 Å². The van der Waals surface area contributed by atoms with Crippen molar-refractivity contribution in [3.05, 3.63) is 42.5 Å². The summed E-state index contributed by atoms with van der Waals surface area (Å²) in [7, 11) is 1.90. The molecule has 1 fully saturated rings. The van der Waals surface area contributed by atoms with Gasteiger partial charge in [0, 0.05) is 13.0 Å². The van der Waals surface area contributed by atoms with E-state index < -0.39 is 0 Å². The minimum atomic E-state index is 0.0860. The molecule has 0 spiro atoms. The lowest BCUT2D eigenvalue weighted by Crippen LogP contribution is -2.37. The summed E-state index contributed by atoms with van der Waals surface area (Å²) in [6.45, 7) is 2.07. The average Bonchev–Trinajstić information content (AvgIpc) is 2.98. The van der Waals surface area contributed by atoms with E-state index in [0.29, 0.717) is 0 Å². The van der Waals surface area contributed by atoms with Crippen LogP contribution in [0.5, 0.6) is 0 Å². The zero-order chi connectivity index (χ0) is 14.8. The maximum Gasteiger partial charge on any atom is 0.225 e. The summed E-state index contributed by atoms with van der Waals surface area (Å²) in [5.74, 6) is 0.515. The second-order valence-corrected chi connectivity index (χ2v) is 5.68. The monoisotopic (exact) mass is 284 g/mol. The first-order valence-electron chi connectivity index (χ1n) is 7.38. The van der Waals surface area contributed by atoms with Crippen LogP contribution in [0.2, 0.25) is 0 Å². The largest absolute Gasteiger partial charge is 0.339 e. The van der Waals surface area contributed by atoms with Crippen LogP contribution in [0, 0.1) is 5.92 Å². The molecule has 5 nitrogen and oxygen atoms in total. The molecule has 5 heteroatoms. The third-order valence-electron chi connectivity index (χ3n) is 4.44. The number of hydrogen-bond acceptors (Lipinski definition) is 3. The third kappa shape index (κ3) is 2.68. The second kappa shape index (κ2) is 5.68. The van der Waals surface area contributed by atoms with Gasteiger partial charge in [0.1, 0.15) is 12.7 Å². The van der Waals surface area contributed by atoms with Gasteiger partial charge in [0.15, 0.2) is 0 Å². The Morgan fingerprint density at radius 1 is 1.33 bits per heavy atom. The predicted octanol–water partition coefficient (Wildman–Crippen LogP) is 2.59. The highest BCUT2D eigenvalue weighted by molar-refractivity contribution is 5.79. The zero-order valence-electron chi connectivity index (χ0n) is 12.4. The fourth-order valence-electron chi connectivity index (χ4n) is 2.60. The van der Waals surface area contributed by atoms with Crippen LogP contribution in [0.3, 0.4) is 0 Å². The topological polar surface area (TPSA) is 51.0 Å². The first-order chi connectivity index (χ1) is 10.2. The van der Waals surface area contributed by atoms with E-state index in [1.807, 2.05) is 36.2 Å². The summed E-state index contributed by atoms with van der Waals surface area (Å²) in [6.07, 6.45) is 6.46. The van der Waals surface area contributed by atoms with Crippen LogP contribution in [-0.2, 0) is 4.79 Å². The van der Waals surface area contributed by atoms with Crippen molar-refractivity contribution in [3.63, 3.8) is 0 Å². The molecule has 1 saturated carbocycles. The standard InChI is InChI=1S/C16H20N4O/c1-12(19(2)16(21)14-4-3-5-14)13-6-8-15(9-7-13)20-11-17-10-18-20/h6-12,14H,3-5H2,1-2H3/t12-/m1/s1. The van der Waals surface area contributed by atoms with Crippen molar-refractivity contribution >= 4 is 5.91 Å². The number of nitrogens with zero attached hydrogens (tertiary/aromatic N) is 4. The van der Waals surface area contributed by atoms with E-state index in [2.05, 4.69) is 17.0 Å². The first-order valence-corrected chi connectivity index (χ1v) is 7.38. The molecule has 1 atom stereocenters. The van der Waals surface area contributed by atoms with Crippen molar-refractivity contribution in [2.24, 2.45) is 5.92 Å². The minimum Gasteiger partial charge on any atom is -0.339 e. The van der Waals surface area contributed by atoms with Crippen molar-refractivity contribution < 1.29 is 4.79 Å². The van der Waals surface area contributed by atoms with Crippen LogP contribution >= 0.6 is 0 Å². The lowest BCUT2D eigenvalue weighted by atomic mass is 9.84. The predicted molar refractivity (Wildman–Crippen MR) is 79.9 cm³/mol. The van der Waals surface area contributed by atoms with E-state index in [1.165, 1.54) is 12.7 Å². The van der Waals surface area contributed by atoms with E-state index in [1.54, 1.807) is 11.0 Å². The molecule has 0 saturated heterocycles. The molecule has 1 aliphatic rings. The summed E-state index contributed by atoms with van der Waals surface area (Å²) in [5, 5.41) is 4.11. The fourth-order valence-corrected chi connectivity index (χ4v) is 2.60. The molecule has 1 aromatic carbocycles. The smallest absolute Gasteiger partial charge is 0.225 e. The van der Waals surface area contributed by atoms with Crippen LogP contribution in [0.4, 0.5) is 0 Å². The van der Waals surface area contributed by atoms with Crippen molar-refractivity contribution in [2.45, 2.75) is 32.2 Å². The maximum atomic E-state index is 12.3. The summed E-state index contributed by atoms with van der Waals surface area (Å²) < 4.78 is 1.72. The number of hydrogen-bond donors (Lipinski definition) is 0. The van der Waals surface area contributed by atoms with Crippen LogP contribution in [0.25, 0.3) is 5.69 Å². The minimum absolute atomic E-state index is 0.0860. The Morgan fingerprint density at radius 2 is 2.05 bits per heavy atom. The van der Waals surface area contributed by atoms with Gasteiger partial charge in [-0.25, -0.2) is 9.67 Å². The molecule has 0 radical (unpaired) electrons. The number of carbonyl (C=O) groups excluding carboxylic acids is 1. The molecule has 2 aromatic rings. The van der Waals surface area contributed by atoms with Gasteiger partial charge < -0.3 is 4.90 Å². The van der Waals surface area contributed by atoms with E-state index in [0.717, 1.165) is 24.1 Å². The molecule has 110 valence electrons. The van der Waals surface area contributed by atoms with E-state index in [9.17, 15) is 4.79 Å². The molecule has 1 amide bonds. The van der Waals surface area contributed by atoms with Gasteiger partial charge in [-0.2, -0.15) is 5.10 Å². The quantitative estimate of drug-likeness (QED) is 0.867. The molecular weight excluding hydrogens is 264 g/mol. The molecule has 0 N–H and O–H groups in total. The van der Waals surface area contributed by atoms with Crippen LogP contribution in [0.1, 0.15) is 37.8 Å². The highest BCUT2D eigenvalue weighted by atomic mass is 16.2. The van der Waals surface area contributed by atoms with Gasteiger partial charge in [-0.1, -0.05) is 18.6 Å². The highest BCUT2D eigenvalue weighted by Gasteiger charge is 2.30. The number of benzene rings is 1. The van der Waals surface area contributed by atoms with E-state index >= 15 is 0 Å². The Hall–Kier alpha value is -2.17. The maximum absolute atomic E-state index is 12.3. The summed E-state index contributed by atoms with van der Waals surface area (Å²) in [5.41, 5.74) is 2.10. The molecule has 1 heterocycles. The summed E-state index contributed by atoms with van der Waals surface area (Å²) in [6, 6.07) is 8.19. The third-order valence-corrected chi connectivity index (χ3v) is 4.44. The van der Waals surface area contributed by atoms with Crippen LogP contribution < -0.4 is 0 Å². The number of rotatable bonds is 4. The van der Waals surface area contributed by atoms with Gasteiger partial charge in [0.05, 0.1) is 11.7 Å². The SMILES string of the molecule is C[C@H](c1ccc(-n2cncn2)cc1)N(C)C(=O)C1CCC1. The van der Waals surface area contributed by atoms with E-state index in [4.69, 9.17) is 0 Å². The number of amides is 1. The normalized spacial score (nSPS) is 16.3. The Morgan fingerprint density at radius 3 is 2.57 bits per heavy atom. The molecule has 21 heavy (non-hydrogen) atoms.